The Morgan fingerprint density at radius 3 is 2.39 bits per heavy atom. The summed E-state index contributed by atoms with van der Waals surface area (Å²) in [4.78, 5) is -0.201. The number of anilines is 1. The summed E-state index contributed by atoms with van der Waals surface area (Å²) in [5.74, 6) is -2.11. The molecule has 0 spiro atoms. The van der Waals surface area contributed by atoms with E-state index in [4.69, 9.17) is 10.5 Å². The summed E-state index contributed by atoms with van der Waals surface area (Å²) in [7, 11) is -4.24. The first kappa shape index (κ1) is 20.8. The Kier molecular flexibility index (Phi) is 4.91. The van der Waals surface area contributed by atoms with Crippen LogP contribution in [0.25, 0.3) is 5.76 Å². The Bertz CT molecular complexity index is 1470. The number of para-hydroxylation sites is 1. The number of hydrogen-bond donors (Lipinski definition) is 1. The maximum Gasteiger partial charge on any atom is 0.265 e. The highest BCUT2D eigenvalue weighted by atomic mass is 32.2. The normalized spacial score (nSPS) is 18.8. The molecule has 2 heterocycles. The lowest BCUT2D eigenvalue weighted by Crippen LogP contribution is -2.39. The summed E-state index contributed by atoms with van der Waals surface area (Å²) >= 11 is 0. The summed E-state index contributed by atoms with van der Waals surface area (Å²) in [6.07, 6.45) is 0. The molecule has 0 fully saturated rings. The van der Waals surface area contributed by atoms with Gasteiger partial charge in [0, 0.05) is 11.1 Å². The van der Waals surface area contributed by atoms with Gasteiger partial charge in [0.25, 0.3) is 10.0 Å². The van der Waals surface area contributed by atoms with E-state index in [-0.39, 0.29) is 34.2 Å². The third kappa shape index (κ3) is 3.25. The number of nitrogens with zero attached hydrogens (tertiary/aromatic N) is 2. The van der Waals surface area contributed by atoms with Crippen molar-refractivity contribution in [3.8, 4) is 6.07 Å². The van der Waals surface area contributed by atoms with Gasteiger partial charge in [-0.05, 0) is 23.8 Å². The van der Waals surface area contributed by atoms with Crippen molar-refractivity contribution in [1.29, 1.82) is 5.26 Å². The van der Waals surface area contributed by atoms with Crippen molar-refractivity contribution >= 4 is 21.5 Å². The Balaban J connectivity index is 1.79. The van der Waals surface area contributed by atoms with E-state index in [1.54, 1.807) is 30.3 Å². The van der Waals surface area contributed by atoms with Crippen LogP contribution in [-0.4, -0.2) is 8.42 Å². The molecular weight excluding hydrogens is 441 g/mol. The predicted molar refractivity (Wildman–Crippen MR) is 122 cm³/mol. The van der Waals surface area contributed by atoms with Crippen LogP contribution in [0.1, 0.15) is 22.6 Å². The van der Waals surface area contributed by atoms with Crippen LogP contribution in [0, 0.1) is 17.1 Å². The van der Waals surface area contributed by atoms with Crippen LogP contribution in [0.5, 0.6) is 0 Å². The molecule has 0 saturated heterocycles. The monoisotopic (exact) mass is 459 g/mol. The van der Waals surface area contributed by atoms with Gasteiger partial charge in [-0.15, -0.1) is 0 Å². The molecule has 2 aliphatic rings. The van der Waals surface area contributed by atoms with Crippen molar-refractivity contribution in [2.24, 2.45) is 5.73 Å². The Hall–Kier alpha value is -4.09. The Morgan fingerprint density at radius 1 is 1.00 bits per heavy atom. The number of ether oxygens (including phenoxy) is 1. The molecule has 0 aromatic heterocycles. The summed E-state index contributed by atoms with van der Waals surface area (Å²) < 4.78 is 50.1. The van der Waals surface area contributed by atoms with Crippen molar-refractivity contribution in [2.75, 3.05) is 4.31 Å². The second-order valence-corrected chi connectivity index (χ2v) is 9.48. The first-order valence-corrected chi connectivity index (χ1v) is 11.6. The first-order chi connectivity index (χ1) is 15.9. The molecule has 0 radical (unpaired) electrons. The van der Waals surface area contributed by atoms with Crippen molar-refractivity contribution in [2.45, 2.75) is 12.5 Å². The number of nitriles is 1. The van der Waals surface area contributed by atoms with Crippen LogP contribution in [0.2, 0.25) is 0 Å². The zero-order valence-electron chi connectivity index (χ0n) is 17.3. The Morgan fingerprint density at radius 2 is 1.67 bits per heavy atom. The number of rotatable bonds is 3. The lowest BCUT2D eigenvalue weighted by molar-refractivity contribution is 0.357. The van der Waals surface area contributed by atoms with Crippen LogP contribution in [0.15, 0.2) is 95.2 Å². The van der Waals surface area contributed by atoms with E-state index in [0.717, 1.165) is 5.56 Å². The maximum absolute atomic E-state index is 14.9. The summed E-state index contributed by atoms with van der Waals surface area (Å²) in [5, 5.41) is 9.82. The fraction of sp³-hybridized carbons (Fsp3) is 0.0800. The standard InChI is InChI=1S/C25H18FN3O3S/c26-20-12-6-4-10-17(20)22-19(14-27)25(28)32-23-18-11-5-7-13-21(18)29(33(30,31)24(22)23)15-16-8-2-1-3-9-16/h1-13,22H,15,28H2. The Labute approximate surface area is 190 Å². The number of nitrogens with two attached hydrogens (primary N) is 1. The van der Waals surface area contributed by atoms with E-state index in [0.29, 0.717) is 11.3 Å². The topological polar surface area (TPSA) is 96.4 Å². The highest BCUT2D eigenvalue weighted by Crippen LogP contribution is 2.51. The second-order valence-electron chi connectivity index (χ2n) is 7.65. The quantitative estimate of drug-likeness (QED) is 0.628. The second kappa shape index (κ2) is 7.80. The molecule has 0 aliphatic carbocycles. The molecule has 3 aromatic rings. The van der Waals surface area contributed by atoms with Gasteiger partial charge in [-0.25, -0.2) is 12.8 Å². The fourth-order valence-corrected chi connectivity index (χ4v) is 6.15. The minimum atomic E-state index is -4.24. The van der Waals surface area contributed by atoms with Gasteiger partial charge in [-0.3, -0.25) is 4.31 Å². The number of sulfonamides is 1. The molecule has 0 saturated carbocycles. The maximum atomic E-state index is 14.9. The number of fused-ring (bicyclic) bond motifs is 2. The van der Waals surface area contributed by atoms with Gasteiger partial charge in [-0.2, -0.15) is 5.26 Å². The summed E-state index contributed by atoms with van der Waals surface area (Å²) in [6.45, 7) is 0.0576. The predicted octanol–water partition coefficient (Wildman–Crippen LogP) is 4.35. The van der Waals surface area contributed by atoms with Gasteiger partial charge in [0.05, 0.1) is 18.2 Å². The van der Waals surface area contributed by atoms with Crippen molar-refractivity contribution in [3.63, 3.8) is 0 Å². The van der Waals surface area contributed by atoms with Crippen molar-refractivity contribution in [1.82, 2.24) is 0 Å². The third-order valence-electron chi connectivity index (χ3n) is 5.74. The van der Waals surface area contributed by atoms with E-state index >= 15 is 0 Å². The van der Waals surface area contributed by atoms with E-state index in [1.165, 1.54) is 22.5 Å². The average Bonchev–Trinajstić information content (AvgIpc) is 2.82. The molecule has 164 valence electrons. The molecule has 5 rings (SSSR count). The molecule has 8 heteroatoms. The van der Waals surface area contributed by atoms with Crippen LogP contribution >= 0.6 is 0 Å². The van der Waals surface area contributed by atoms with E-state index in [9.17, 15) is 18.1 Å². The summed E-state index contributed by atoms with van der Waals surface area (Å²) in [6, 6.07) is 23.7. The van der Waals surface area contributed by atoms with Gasteiger partial charge in [0.15, 0.2) is 5.76 Å². The number of hydrogen-bond acceptors (Lipinski definition) is 5. The first-order valence-electron chi connectivity index (χ1n) is 10.2. The van der Waals surface area contributed by atoms with Gasteiger partial charge in [-0.1, -0.05) is 60.7 Å². The third-order valence-corrected chi connectivity index (χ3v) is 7.63. The number of halogens is 1. The average molecular weight is 460 g/mol. The number of benzene rings is 3. The lowest BCUT2D eigenvalue weighted by atomic mass is 9.88. The molecule has 0 bridgehead atoms. The summed E-state index contributed by atoms with van der Waals surface area (Å²) in [5.41, 5.74) is 7.62. The van der Waals surface area contributed by atoms with Gasteiger partial charge >= 0.3 is 0 Å². The lowest BCUT2D eigenvalue weighted by Gasteiger charge is -2.38. The molecule has 0 amide bonds. The largest absolute Gasteiger partial charge is 0.439 e. The molecular formula is C25H18FN3O3S. The van der Waals surface area contributed by atoms with Crippen molar-refractivity contribution < 1.29 is 17.5 Å². The molecule has 2 N–H and O–H groups in total. The van der Waals surface area contributed by atoms with Gasteiger partial charge < -0.3 is 10.5 Å². The minimum absolute atomic E-state index is 0.0136. The highest BCUT2D eigenvalue weighted by molar-refractivity contribution is 7.96. The van der Waals surface area contributed by atoms with Crippen LogP contribution in [0.3, 0.4) is 0 Å². The molecule has 33 heavy (non-hydrogen) atoms. The zero-order chi connectivity index (χ0) is 23.2. The van der Waals surface area contributed by atoms with Gasteiger partial charge in [0.2, 0.25) is 5.88 Å². The van der Waals surface area contributed by atoms with E-state index in [2.05, 4.69) is 0 Å². The van der Waals surface area contributed by atoms with E-state index in [1.807, 2.05) is 36.4 Å². The fourth-order valence-electron chi connectivity index (χ4n) is 4.25. The zero-order valence-corrected chi connectivity index (χ0v) is 18.1. The highest BCUT2D eigenvalue weighted by Gasteiger charge is 2.47. The molecule has 3 aromatic carbocycles. The SMILES string of the molecule is N#CC1=C(N)OC2=C(C1c1ccccc1F)S(=O)(=O)N(Cc1ccccc1)c1ccccc12. The van der Waals surface area contributed by atoms with Gasteiger partial charge in [0.1, 0.15) is 22.4 Å². The van der Waals surface area contributed by atoms with Crippen LogP contribution in [-0.2, 0) is 21.3 Å². The molecule has 1 unspecified atom stereocenters. The van der Waals surface area contributed by atoms with E-state index < -0.39 is 21.8 Å². The molecule has 6 nitrogen and oxygen atoms in total. The minimum Gasteiger partial charge on any atom is -0.439 e. The van der Waals surface area contributed by atoms with Crippen molar-refractivity contribution in [3.05, 3.63) is 118 Å². The number of allylic oxidation sites excluding steroid dienone is 2. The molecule has 1 atom stereocenters. The van der Waals surface area contributed by atoms with Crippen LogP contribution in [0.4, 0.5) is 10.1 Å². The molecule has 2 aliphatic heterocycles. The van der Waals surface area contributed by atoms with Crippen LogP contribution < -0.4 is 10.0 Å². The smallest absolute Gasteiger partial charge is 0.265 e.